The molecule has 2 aromatic carbocycles. The Bertz CT molecular complexity index is 901. The van der Waals surface area contributed by atoms with Crippen LogP contribution in [0.4, 0.5) is 13.2 Å². The molecular weight excluding hydrogens is 373 g/mol. The van der Waals surface area contributed by atoms with Gasteiger partial charge in [0.2, 0.25) is 0 Å². The summed E-state index contributed by atoms with van der Waals surface area (Å²) in [5, 5.41) is 6.71. The number of thiophene rings is 1. The van der Waals surface area contributed by atoms with Crippen LogP contribution < -0.4 is 10.1 Å². The van der Waals surface area contributed by atoms with Crippen molar-refractivity contribution in [1.29, 1.82) is 0 Å². The topological polar surface area (TPSA) is 24.5 Å². The van der Waals surface area contributed by atoms with Crippen molar-refractivity contribution in [3.8, 4) is 5.75 Å². The summed E-state index contributed by atoms with van der Waals surface area (Å²) in [5.74, 6) is -0.194. The molecule has 1 aromatic heterocycles. The quantitative estimate of drug-likeness (QED) is 0.691. The number of nitrogens with one attached hydrogen (secondary N) is 1. The van der Waals surface area contributed by atoms with E-state index in [4.69, 9.17) is 0 Å². The smallest absolute Gasteiger partial charge is 0.406 e. The van der Waals surface area contributed by atoms with Gasteiger partial charge in [-0.25, -0.2) is 0 Å². The van der Waals surface area contributed by atoms with E-state index in [2.05, 4.69) is 32.5 Å². The van der Waals surface area contributed by atoms with Crippen LogP contribution >= 0.6 is 11.3 Å². The third kappa shape index (κ3) is 4.10. The Morgan fingerprint density at radius 3 is 2.41 bits per heavy atom. The largest absolute Gasteiger partial charge is 0.573 e. The number of hydrogen-bond acceptors (Lipinski definition) is 4. The number of halogens is 3. The molecule has 7 heteroatoms. The third-order valence-corrected chi connectivity index (χ3v) is 5.73. The van der Waals surface area contributed by atoms with Gasteiger partial charge in [-0.05, 0) is 40.1 Å². The fourth-order valence-corrected chi connectivity index (χ4v) is 4.57. The minimum Gasteiger partial charge on any atom is -0.406 e. The highest BCUT2D eigenvalue weighted by Gasteiger charge is 2.31. The highest BCUT2D eigenvalue weighted by atomic mass is 32.1. The van der Waals surface area contributed by atoms with Crippen molar-refractivity contribution in [1.82, 2.24) is 10.2 Å². The molecule has 2 heterocycles. The zero-order valence-electron chi connectivity index (χ0n) is 14.5. The molecule has 142 valence electrons. The molecular formula is C20H19F3N2OS. The SMILES string of the molecule is FC(F)(F)Oc1ccc([C@@H](c2csc3ccccc23)N2CCNCC2)cc1. The van der Waals surface area contributed by atoms with E-state index in [1.165, 1.54) is 27.8 Å². The maximum absolute atomic E-state index is 12.5. The van der Waals surface area contributed by atoms with Gasteiger partial charge in [-0.2, -0.15) is 0 Å². The number of nitrogens with zero attached hydrogens (tertiary/aromatic N) is 1. The number of benzene rings is 2. The zero-order chi connectivity index (χ0) is 18.9. The van der Waals surface area contributed by atoms with Crippen molar-refractivity contribution in [3.63, 3.8) is 0 Å². The second-order valence-corrected chi connectivity index (χ2v) is 7.40. The van der Waals surface area contributed by atoms with E-state index < -0.39 is 6.36 Å². The molecule has 1 fully saturated rings. The Morgan fingerprint density at radius 1 is 1.00 bits per heavy atom. The molecule has 3 nitrogen and oxygen atoms in total. The first kappa shape index (κ1) is 18.3. The molecule has 0 bridgehead atoms. The molecule has 27 heavy (non-hydrogen) atoms. The van der Waals surface area contributed by atoms with Crippen molar-refractivity contribution < 1.29 is 17.9 Å². The Labute approximate surface area is 159 Å². The normalized spacial score (nSPS) is 17.1. The summed E-state index contributed by atoms with van der Waals surface area (Å²) in [6, 6.07) is 14.5. The van der Waals surface area contributed by atoms with Crippen molar-refractivity contribution in [2.75, 3.05) is 26.2 Å². The molecule has 1 saturated heterocycles. The molecule has 0 amide bonds. The van der Waals surface area contributed by atoms with Crippen LogP contribution in [0.15, 0.2) is 53.9 Å². The van der Waals surface area contributed by atoms with Crippen molar-refractivity contribution in [2.45, 2.75) is 12.4 Å². The van der Waals surface area contributed by atoms with E-state index in [9.17, 15) is 13.2 Å². The van der Waals surface area contributed by atoms with Crippen LogP contribution in [-0.2, 0) is 0 Å². The summed E-state index contributed by atoms with van der Waals surface area (Å²) in [4.78, 5) is 2.38. The van der Waals surface area contributed by atoms with Crippen LogP contribution in [-0.4, -0.2) is 37.4 Å². The van der Waals surface area contributed by atoms with E-state index >= 15 is 0 Å². The zero-order valence-corrected chi connectivity index (χ0v) is 15.3. The Kier molecular flexibility index (Phi) is 5.08. The second-order valence-electron chi connectivity index (χ2n) is 6.49. The summed E-state index contributed by atoms with van der Waals surface area (Å²) in [5.41, 5.74) is 2.16. The van der Waals surface area contributed by atoms with E-state index in [1.54, 1.807) is 23.5 Å². The first-order valence-electron chi connectivity index (χ1n) is 8.78. The Morgan fingerprint density at radius 2 is 1.70 bits per heavy atom. The van der Waals surface area contributed by atoms with Gasteiger partial charge in [-0.15, -0.1) is 24.5 Å². The van der Waals surface area contributed by atoms with Crippen LogP contribution in [0.5, 0.6) is 5.75 Å². The molecule has 4 rings (SSSR count). The van der Waals surface area contributed by atoms with Crippen molar-refractivity contribution in [3.05, 3.63) is 65.0 Å². The monoisotopic (exact) mass is 392 g/mol. The standard InChI is InChI=1S/C20H19F3N2OS/c21-20(22,23)26-15-7-5-14(6-8-15)19(25-11-9-24-10-12-25)17-13-27-18-4-2-1-3-16(17)18/h1-8,13,19,24H,9-12H2/t19-/m0/s1. The van der Waals surface area contributed by atoms with E-state index in [-0.39, 0.29) is 11.8 Å². The molecule has 1 atom stereocenters. The van der Waals surface area contributed by atoms with Crippen LogP contribution in [0.3, 0.4) is 0 Å². The molecule has 0 saturated carbocycles. The molecule has 0 spiro atoms. The summed E-state index contributed by atoms with van der Waals surface area (Å²) in [6.07, 6.45) is -4.68. The predicted octanol–water partition coefficient (Wildman–Crippen LogP) is 4.79. The first-order valence-corrected chi connectivity index (χ1v) is 9.66. The van der Waals surface area contributed by atoms with Crippen LogP contribution in [0.25, 0.3) is 10.1 Å². The van der Waals surface area contributed by atoms with E-state index in [1.807, 2.05) is 12.1 Å². The minimum absolute atomic E-state index is 0.00295. The van der Waals surface area contributed by atoms with Crippen LogP contribution in [0, 0.1) is 0 Å². The van der Waals surface area contributed by atoms with Crippen LogP contribution in [0.2, 0.25) is 0 Å². The number of piperazine rings is 1. The third-order valence-electron chi connectivity index (χ3n) is 4.75. The molecule has 0 aliphatic carbocycles. The number of fused-ring (bicyclic) bond motifs is 1. The van der Waals surface area contributed by atoms with Gasteiger partial charge in [-0.3, -0.25) is 4.90 Å². The number of hydrogen-bond donors (Lipinski definition) is 1. The van der Waals surface area contributed by atoms with Gasteiger partial charge in [0.05, 0.1) is 6.04 Å². The number of alkyl halides is 3. The fraction of sp³-hybridized carbons (Fsp3) is 0.300. The Balaban J connectivity index is 1.72. The van der Waals surface area contributed by atoms with Gasteiger partial charge in [0.1, 0.15) is 5.75 Å². The highest BCUT2D eigenvalue weighted by Crippen LogP contribution is 2.38. The van der Waals surface area contributed by atoms with E-state index in [0.29, 0.717) is 0 Å². The van der Waals surface area contributed by atoms with Crippen molar-refractivity contribution in [2.24, 2.45) is 0 Å². The lowest BCUT2D eigenvalue weighted by Gasteiger charge is -2.35. The maximum atomic E-state index is 12.5. The lowest BCUT2D eigenvalue weighted by atomic mass is 9.96. The van der Waals surface area contributed by atoms with Gasteiger partial charge in [0.15, 0.2) is 0 Å². The lowest BCUT2D eigenvalue weighted by molar-refractivity contribution is -0.274. The highest BCUT2D eigenvalue weighted by molar-refractivity contribution is 7.17. The molecule has 1 aliphatic heterocycles. The van der Waals surface area contributed by atoms with Crippen molar-refractivity contribution >= 4 is 21.4 Å². The predicted molar refractivity (Wildman–Crippen MR) is 101 cm³/mol. The van der Waals surface area contributed by atoms with Gasteiger partial charge >= 0.3 is 6.36 Å². The van der Waals surface area contributed by atoms with Gasteiger partial charge in [-0.1, -0.05) is 30.3 Å². The fourth-order valence-electron chi connectivity index (χ4n) is 3.59. The van der Waals surface area contributed by atoms with Gasteiger partial charge in [0.25, 0.3) is 0 Å². The summed E-state index contributed by atoms with van der Waals surface area (Å²) < 4.78 is 42.6. The number of ether oxygens (including phenoxy) is 1. The van der Waals surface area contributed by atoms with E-state index in [0.717, 1.165) is 31.7 Å². The maximum Gasteiger partial charge on any atom is 0.573 e. The summed E-state index contributed by atoms with van der Waals surface area (Å²) in [6.45, 7) is 3.56. The average Bonchev–Trinajstić information content (AvgIpc) is 3.07. The average molecular weight is 392 g/mol. The van der Waals surface area contributed by atoms with Gasteiger partial charge < -0.3 is 10.1 Å². The Hall–Kier alpha value is -2.09. The molecule has 1 aliphatic rings. The van der Waals surface area contributed by atoms with Gasteiger partial charge in [0, 0.05) is 30.9 Å². The number of rotatable bonds is 4. The molecule has 0 radical (unpaired) electrons. The minimum atomic E-state index is -4.68. The molecule has 0 unspecified atom stereocenters. The van der Waals surface area contributed by atoms with Crippen LogP contribution in [0.1, 0.15) is 17.2 Å². The summed E-state index contributed by atoms with van der Waals surface area (Å²) >= 11 is 1.70. The first-order chi connectivity index (χ1) is 13.0. The molecule has 3 aromatic rings. The second kappa shape index (κ2) is 7.50. The summed E-state index contributed by atoms with van der Waals surface area (Å²) in [7, 11) is 0. The lowest BCUT2D eigenvalue weighted by Crippen LogP contribution is -2.45. The molecule has 1 N–H and O–H groups in total.